The second kappa shape index (κ2) is 15.9. The summed E-state index contributed by atoms with van der Waals surface area (Å²) in [5.41, 5.74) is 3.35. The van der Waals surface area contributed by atoms with Crippen LogP contribution in [0.1, 0.15) is 58.3 Å². The van der Waals surface area contributed by atoms with Gasteiger partial charge in [0.2, 0.25) is 11.8 Å². The fraction of sp³-hybridized carbons (Fsp3) is 0.234. The molecule has 6 atom stereocenters. The van der Waals surface area contributed by atoms with Gasteiger partial charge in [-0.1, -0.05) is 103 Å². The van der Waals surface area contributed by atoms with Crippen LogP contribution in [0.4, 0.5) is 5.69 Å². The van der Waals surface area contributed by atoms with Crippen LogP contribution in [-0.2, 0) is 31.1 Å². The first-order valence-electron chi connectivity index (χ1n) is 19.6. The number of anilines is 1. The highest BCUT2D eigenvalue weighted by Gasteiger charge is 2.74. The number of nitrogens with one attached hydrogen (secondary N) is 3. The number of carbonyl (C=O) groups excluding carboxylic acids is 3. The first kappa shape index (κ1) is 37.8. The highest BCUT2D eigenvalue weighted by Crippen LogP contribution is 2.65. The number of cyclic esters (lactones) is 1. The number of esters is 1. The van der Waals surface area contributed by atoms with E-state index in [1.807, 2.05) is 102 Å². The molecule has 6 aromatic rings. The van der Waals surface area contributed by atoms with Gasteiger partial charge in [-0.25, -0.2) is 4.98 Å². The summed E-state index contributed by atoms with van der Waals surface area (Å²) in [6.45, 7) is -0.438. The minimum atomic E-state index is -1.77. The number of ether oxygens (including phenoxy) is 2. The molecular formula is C47H41N5O7. The van der Waals surface area contributed by atoms with Crippen molar-refractivity contribution < 1.29 is 34.1 Å². The third kappa shape index (κ3) is 6.50. The number of aromatic amines is 1. The van der Waals surface area contributed by atoms with Crippen LogP contribution in [-0.4, -0.2) is 68.7 Å². The molecule has 0 bridgehead atoms. The van der Waals surface area contributed by atoms with E-state index in [0.29, 0.717) is 34.0 Å². The lowest BCUT2D eigenvalue weighted by atomic mass is 9.65. The van der Waals surface area contributed by atoms with E-state index in [0.717, 1.165) is 22.2 Å². The molecule has 5 N–H and O–H groups in total. The Morgan fingerprint density at radius 1 is 0.864 bits per heavy atom. The molecule has 0 radical (unpaired) electrons. The maximum atomic E-state index is 15.4. The zero-order valence-corrected chi connectivity index (χ0v) is 31.9. The predicted molar refractivity (Wildman–Crippen MR) is 219 cm³/mol. The second-order valence-electron chi connectivity index (χ2n) is 14.8. The summed E-state index contributed by atoms with van der Waals surface area (Å²) < 4.78 is 12.7. The zero-order valence-electron chi connectivity index (χ0n) is 31.9. The average molecular weight is 788 g/mol. The molecule has 4 heterocycles. The lowest BCUT2D eigenvalue weighted by Crippen LogP contribution is -2.54. The van der Waals surface area contributed by atoms with E-state index in [1.165, 1.54) is 0 Å². The number of nitrogens with zero attached hydrogens (tertiary/aromatic N) is 2. The van der Waals surface area contributed by atoms with E-state index in [4.69, 9.17) is 9.47 Å². The number of aromatic nitrogens is 2. The molecule has 9 rings (SSSR count). The number of amides is 2. The predicted octanol–water partition coefficient (Wildman–Crippen LogP) is 5.26. The van der Waals surface area contributed by atoms with E-state index in [9.17, 15) is 10.2 Å². The summed E-state index contributed by atoms with van der Waals surface area (Å²) >= 11 is 0. The largest absolute Gasteiger partial charge is 0.491 e. The van der Waals surface area contributed by atoms with E-state index < -0.39 is 53.3 Å². The van der Waals surface area contributed by atoms with Crippen molar-refractivity contribution in [1.82, 2.24) is 20.2 Å². The van der Waals surface area contributed by atoms with Crippen molar-refractivity contribution in [2.45, 2.75) is 42.6 Å². The van der Waals surface area contributed by atoms with Gasteiger partial charge in [0.05, 0.1) is 48.8 Å². The number of aliphatic hydroxyl groups excluding tert-OH is 2. The van der Waals surface area contributed by atoms with Gasteiger partial charge >= 0.3 is 5.97 Å². The Morgan fingerprint density at radius 2 is 1.59 bits per heavy atom. The Bertz CT molecular complexity index is 2570. The van der Waals surface area contributed by atoms with Gasteiger partial charge in [-0.15, -0.1) is 0 Å². The molecule has 2 saturated heterocycles. The first-order valence-corrected chi connectivity index (χ1v) is 19.6. The fourth-order valence-electron chi connectivity index (χ4n) is 9.23. The van der Waals surface area contributed by atoms with E-state index >= 15 is 14.4 Å². The maximum Gasteiger partial charge on any atom is 0.324 e. The Labute approximate surface area is 340 Å². The highest BCUT2D eigenvalue weighted by atomic mass is 16.6. The Morgan fingerprint density at radius 3 is 2.36 bits per heavy atom. The summed E-state index contributed by atoms with van der Waals surface area (Å²) in [4.78, 5) is 55.8. The molecule has 5 aromatic carbocycles. The van der Waals surface area contributed by atoms with Gasteiger partial charge in [0.15, 0.2) is 0 Å². The van der Waals surface area contributed by atoms with Crippen molar-refractivity contribution in [2.24, 2.45) is 5.92 Å². The number of hydrogen-bond donors (Lipinski definition) is 5. The fourth-order valence-corrected chi connectivity index (χ4v) is 9.23. The number of rotatable bonds is 10. The SMILES string of the molecule is O=C1O[C@@H](c2ccccc2)[C@@H](c2ccccc2)N2[C@@H](c3ccccc3OCCO)[C@]3(C(=O)Nc4ccc(C#CCCO)cc43)[C@@H](C(=O)NCc3nc4ccccc4[nH]3)[C@H]12. The Kier molecular flexibility index (Phi) is 10.2. The number of benzene rings is 5. The summed E-state index contributed by atoms with van der Waals surface area (Å²) in [6, 6.07) is 36.2. The van der Waals surface area contributed by atoms with Crippen LogP contribution in [0.3, 0.4) is 0 Å². The summed E-state index contributed by atoms with van der Waals surface area (Å²) in [5, 5.41) is 25.6. The first-order chi connectivity index (χ1) is 28.9. The van der Waals surface area contributed by atoms with Crippen molar-refractivity contribution in [3.63, 3.8) is 0 Å². The molecule has 2 amide bonds. The number of para-hydroxylation sites is 3. The van der Waals surface area contributed by atoms with Crippen molar-refractivity contribution in [1.29, 1.82) is 0 Å². The van der Waals surface area contributed by atoms with Crippen LogP contribution in [0.15, 0.2) is 127 Å². The molecule has 59 heavy (non-hydrogen) atoms. The number of fused-ring (bicyclic) bond motifs is 4. The third-order valence-electron chi connectivity index (χ3n) is 11.5. The van der Waals surface area contributed by atoms with Gasteiger partial charge in [-0.3, -0.25) is 19.3 Å². The molecule has 12 nitrogen and oxygen atoms in total. The van der Waals surface area contributed by atoms with Gasteiger partial charge in [0.25, 0.3) is 0 Å². The Hall–Kier alpha value is -6.78. The molecule has 296 valence electrons. The van der Waals surface area contributed by atoms with Crippen LogP contribution in [0, 0.1) is 17.8 Å². The summed E-state index contributed by atoms with van der Waals surface area (Å²) in [7, 11) is 0. The molecule has 0 saturated carbocycles. The van der Waals surface area contributed by atoms with E-state index in [1.54, 1.807) is 30.3 Å². The summed E-state index contributed by atoms with van der Waals surface area (Å²) in [6.07, 6.45) is -0.601. The smallest absolute Gasteiger partial charge is 0.324 e. The number of imidazole rings is 1. The van der Waals surface area contributed by atoms with Crippen LogP contribution in [0.25, 0.3) is 11.0 Å². The standard InChI is InChI=1S/C47H41N5O7/c53-24-12-11-13-29-22-23-34-33(27-29)47(46(57)51-34)39(44(55)48-28-38-49-35-19-8-9-20-36(35)50-38)41-45(56)59-42(31-16-5-2-6-17-31)40(30-14-3-1-4-15-30)52(41)43(47)32-18-7-10-21-37(32)58-26-25-54/h1-10,14-23,27,39-43,53-54H,12,24-26,28H2,(H,48,55)(H,49,50)(H,51,57)/t39-,40-,41-,42+,43+,47-/m1/s1. The molecule has 12 heteroatoms. The zero-order chi connectivity index (χ0) is 40.5. The second-order valence-corrected chi connectivity index (χ2v) is 14.8. The van der Waals surface area contributed by atoms with Crippen LogP contribution in [0.2, 0.25) is 0 Å². The van der Waals surface area contributed by atoms with Crippen LogP contribution in [0.5, 0.6) is 5.75 Å². The highest BCUT2D eigenvalue weighted by molar-refractivity contribution is 6.12. The molecular weight excluding hydrogens is 747 g/mol. The van der Waals surface area contributed by atoms with Crippen molar-refractivity contribution in [3.05, 3.63) is 161 Å². The topological polar surface area (TPSA) is 166 Å². The molecule has 3 aliphatic rings. The van der Waals surface area contributed by atoms with Crippen molar-refractivity contribution in [2.75, 3.05) is 25.1 Å². The van der Waals surface area contributed by atoms with Crippen molar-refractivity contribution >= 4 is 34.5 Å². The van der Waals surface area contributed by atoms with Gasteiger partial charge in [-0.05, 0) is 53.1 Å². The monoisotopic (exact) mass is 787 g/mol. The minimum absolute atomic E-state index is 0.0152. The number of H-pyrrole nitrogens is 1. The number of hydrogen-bond acceptors (Lipinski definition) is 9. The number of carbonyl (C=O) groups is 3. The van der Waals surface area contributed by atoms with Gasteiger partial charge in [0, 0.05) is 23.2 Å². The Balaban J connectivity index is 1.31. The third-order valence-corrected chi connectivity index (χ3v) is 11.5. The van der Waals surface area contributed by atoms with Crippen molar-refractivity contribution in [3.8, 4) is 17.6 Å². The van der Waals surface area contributed by atoms with E-state index in [2.05, 4.69) is 32.4 Å². The quantitative estimate of drug-likeness (QED) is 0.0921. The molecule has 2 fully saturated rings. The molecule has 1 aromatic heterocycles. The number of morpholine rings is 1. The van der Waals surface area contributed by atoms with Gasteiger partial charge in [0.1, 0.15) is 35.7 Å². The molecule has 1 spiro atoms. The van der Waals surface area contributed by atoms with Gasteiger partial charge < -0.3 is 35.3 Å². The summed E-state index contributed by atoms with van der Waals surface area (Å²) in [5.74, 6) is 3.91. The molecule has 3 aliphatic heterocycles. The minimum Gasteiger partial charge on any atom is -0.491 e. The molecule has 0 aliphatic carbocycles. The maximum absolute atomic E-state index is 15.4. The molecule has 0 unspecified atom stereocenters. The normalized spacial score (nSPS) is 23.2. The van der Waals surface area contributed by atoms with Crippen LogP contribution < -0.4 is 15.4 Å². The van der Waals surface area contributed by atoms with Crippen LogP contribution >= 0.6 is 0 Å². The lowest BCUT2D eigenvalue weighted by molar-refractivity contribution is -0.178. The van der Waals surface area contributed by atoms with Gasteiger partial charge in [-0.2, -0.15) is 0 Å². The van der Waals surface area contributed by atoms with E-state index in [-0.39, 0.29) is 32.8 Å². The number of aliphatic hydroxyl groups is 2. The average Bonchev–Trinajstić information content (AvgIpc) is 3.93. The lowest BCUT2D eigenvalue weighted by Gasteiger charge is -2.46.